The first kappa shape index (κ1) is 8.02. The van der Waals surface area contributed by atoms with Crippen LogP contribution in [0.1, 0.15) is 27.2 Å². The maximum absolute atomic E-state index is 10.4. The van der Waals surface area contributed by atoms with Gasteiger partial charge in [0.05, 0.1) is 0 Å². The summed E-state index contributed by atoms with van der Waals surface area (Å²) in [5.41, 5.74) is 0. The minimum absolute atomic E-state index is 0.222. The Morgan fingerprint density at radius 1 is 1.75 bits per heavy atom. The van der Waals surface area contributed by atoms with E-state index in [4.69, 9.17) is 0 Å². The largest absolute Gasteiger partial charge is 0.288 e. The second kappa shape index (κ2) is 3.96. The molecule has 0 bridgehead atoms. The Morgan fingerprint density at radius 3 is 2.38 bits per heavy atom. The van der Waals surface area contributed by atoms with Crippen LogP contribution in [0.2, 0.25) is 0 Å². The second-order valence-electron chi connectivity index (χ2n) is 1.83. The third-order valence-corrected chi connectivity index (χ3v) is 2.01. The van der Waals surface area contributed by atoms with Gasteiger partial charge >= 0.3 is 0 Å². The number of rotatable bonds is 2. The molecule has 0 aromatic heterocycles. The smallest absolute Gasteiger partial charge is 0.186 e. The van der Waals surface area contributed by atoms with Crippen molar-refractivity contribution in [3.63, 3.8) is 0 Å². The fourth-order valence-electron chi connectivity index (χ4n) is 0.367. The standard InChI is InChI=1S/C6H12OS/c1-4-5(2)8-6(3)7/h5H,4H2,1-3H3/t5-/m0/s1. The van der Waals surface area contributed by atoms with Gasteiger partial charge in [0.25, 0.3) is 0 Å². The predicted octanol–water partition coefficient (Wildman–Crippen LogP) is 2.06. The van der Waals surface area contributed by atoms with Gasteiger partial charge in [0.2, 0.25) is 0 Å². The molecular formula is C6H12OS. The van der Waals surface area contributed by atoms with Crippen LogP contribution in [-0.2, 0) is 4.79 Å². The number of thioether (sulfide) groups is 1. The van der Waals surface area contributed by atoms with Gasteiger partial charge in [-0.15, -0.1) is 0 Å². The number of hydrogen-bond acceptors (Lipinski definition) is 2. The summed E-state index contributed by atoms with van der Waals surface area (Å²) < 4.78 is 0. The molecule has 0 fully saturated rings. The third kappa shape index (κ3) is 4.19. The van der Waals surface area contributed by atoms with Crippen LogP contribution in [0.3, 0.4) is 0 Å². The molecule has 1 atom stereocenters. The maximum Gasteiger partial charge on any atom is 0.186 e. The summed E-state index contributed by atoms with van der Waals surface area (Å²) in [7, 11) is 0. The summed E-state index contributed by atoms with van der Waals surface area (Å²) in [6.45, 7) is 5.75. The van der Waals surface area contributed by atoms with Crippen LogP contribution in [0.15, 0.2) is 0 Å². The summed E-state index contributed by atoms with van der Waals surface area (Å²) >= 11 is 1.42. The molecule has 0 saturated carbocycles. The number of hydrogen-bond donors (Lipinski definition) is 0. The Balaban J connectivity index is 3.24. The minimum Gasteiger partial charge on any atom is -0.288 e. The van der Waals surface area contributed by atoms with Crippen LogP contribution in [0.4, 0.5) is 0 Å². The van der Waals surface area contributed by atoms with E-state index < -0.39 is 0 Å². The van der Waals surface area contributed by atoms with E-state index in [0.29, 0.717) is 5.25 Å². The Hall–Kier alpha value is 0.0200. The molecule has 0 aliphatic carbocycles. The van der Waals surface area contributed by atoms with Crippen molar-refractivity contribution >= 4 is 16.9 Å². The first-order chi connectivity index (χ1) is 3.66. The van der Waals surface area contributed by atoms with Gasteiger partial charge in [-0.3, -0.25) is 4.79 Å². The lowest BCUT2D eigenvalue weighted by Crippen LogP contribution is -1.95. The molecule has 1 nitrogen and oxygen atoms in total. The van der Waals surface area contributed by atoms with Crippen molar-refractivity contribution in [3.8, 4) is 0 Å². The highest BCUT2D eigenvalue weighted by molar-refractivity contribution is 8.14. The maximum atomic E-state index is 10.4. The van der Waals surface area contributed by atoms with Gasteiger partial charge in [-0.2, -0.15) is 0 Å². The van der Waals surface area contributed by atoms with Gasteiger partial charge in [0.1, 0.15) is 0 Å². The van der Waals surface area contributed by atoms with E-state index in [-0.39, 0.29) is 5.12 Å². The Kier molecular flexibility index (Phi) is 3.97. The topological polar surface area (TPSA) is 17.1 Å². The summed E-state index contributed by atoms with van der Waals surface area (Å²) in [6, 6.07) is 0. The third-order valence-electron chi connectivity index (χ3n) is 0.942. The molecule has 0 unspecified atom stereocenters. The molecule has 0 aromatic carbocycles. The van der Waals surface area contributed by atoms with E-state index in [1.165, 1.54) is 11.8 Å². The van der Waals surface area contributed by atoms with Gasteiger partial charge in [-0.05, 0) is 6.42 Å². The first-order valence-corrected chi connectivity index (χ1v) is 3.72. The van der Waals surface area contributed by atoms with Crippen LogP contribution >= 0.6 is 11.8 Å². The van der Waals surface area contributed by atoms with Crippen molar-refractivity contribution in [1.29, 1.82) is 0 Å². The quantitative estimate of drug-likeness (QED) is 0.572. The van der Waals surface area contributed by atoms with Crippen LogP contribution < -0.4 is 0 Å². The molecule has 0 saturated heterocycles. The Labute approximate surface area is 54.8 Å². The molecule has 0 aliphatic rings. The molecule has 8 heavy (non-hydrogen) atoms. The Bertz CT molecular complexity index is 80.6. The number of carbonyl (C=O) groups excluding carboxylic acids is 1. The Morgan fingerprint density at radius 2 is 2.25 bits per heavy atom. The number of carbonyl (C=O) groups is 1. The van der Waals surface area contributed by atoms with E-state index in [0.717, 1.165) is 6.42 Å². The zero-order valence-electron chi connectivity index (χ0n) is 5.60. The first-order valence-electron chi connectivity index (χ1n) is 2.84. The zero-order chi connectivity index (χ0) is 6.57. The van der Waals surface area contributed by atoms with E-state index in [9.17, 15) is 4.79 Å². The molecular weight excluding hydrogens is 120 g/mol. The highest BCUT2D eigenvalue weighted by atomic mass is 32.2. The molecule has 0 radical (unpaired) electrons. The zero-order valence-corrected chi connectivity index (χ0v) is 6.42. The fraction of sp³-hybridized carbons (Fsp3) is 0.833. The van der Waals surface area contributed by atoms with Crippen molar-refractivity contribution in [2.45, 2.75) is 32.4 Å². The van der Waals surface area contributed by atoms with Crippen molar-refractivity contribution in [1.82, 2.24) is 0 Å². The summed E-state index contributed by atoms with van der Waals surface area (Å²) in [5.74, 6) is 0. The molecule has 0 spiro atoms. The second-order valence-corrected chi connectivity index (χ2v) is 3.44. The van der Waals surface area contributed by atoms with Gasteiger partial charge in [0.15, 0.2) is 5.12 Å². The monoisotopic (exact) mass is 132 g/mol. The van der Waals surface area contributed by atoms with Crippen molar-refractivity contribution in [3.05, 3.63) is 0 Å². The molecule has 0 aliphatic heterocycles. The highest BCUT2D eigenvalue weighted by Gasteiger charge is 2.00. The van der Waals surface area contributed by atoms with E-state index in [1.807, 2.05) is 0 Å². The fourth-order valence-corrected chi connectivity index (χ4v) is 1.10. The molecule has 0 rings (SSSR count). The summed E-state index contributed by atoms with van der Waals surface area (Å²) in [6.07, 6.45) is 1.07. The van der Waals surface area contributed by atoms with E-state index in [2.05, 4.69) is 13.8 Å². The van der Waals surface area contributed by atoms with Crippen LogP contribution in [0, 0.1) is 0 Å². The molecule has 0 aromatic rings. The van der Waals surface area contributed by atoms with Gasteiger partial charge < -0.3 is 0 Å². The lowest BCUT2D eigenvalue weighted by molar-refractivity contribution is -0.109. The predicted molar refractivity (Wildman–Crippen MR) is 38.0 cm³/mol. The molecule has 0 heterocycles. The molecule has 2 heteroatoms. The lowest BCUT2D eigenvalue weighted by atomic mass is 10.4. The molecule has 48 valence electrons. The lowest BCUT2D eigenvalue weighted by Gasteiger charge is -2.01. The van der Waals surface area contributed by atoms with Crippen molar-refractivity contribution in [2.24, 2.45) is 0 Å². The SMILES string of the molecule is CC[C@H](C)SC(C)=O. The average molecular weight is 132 g/mol. The van der Waals surface area contributed by atoms with Gasteiger partial charge in [-0.1, -0.05) is 25.6 Å². The van der Waals surface area contributed by atoms with Gasteiger partial charge in [-0.25, -0.2) is 0 Å². The molecule has 0 amide bonds. The summed E-state index contributed by atoms with van der Waals surface area (Å²) in [5, 5.41) is 0.715. The molecule has 0 N–H and O–H groups in total. The average Bonchev–Trinajstić information content (AvgIpc) is 1.65. The van der Waals surface area contributed by atoms with Gasteiger partial charge in [0, 0.05) is 12.2 Å². The van der Waals surface area contributed by atoms with Crippen molar-refractivity contribution in [2.75, 3.05) is 0 Å². The van der Waals surface area contributed by atoms with Crippen LogP contribution in [0.25, 0.3) is 0 Å². The normalized spacial score (nSPS) is 13.4. The summed E-state index contributed by atoms with van der Waals surface area (Å²) in [4.78, 5) is 10.4. The minimum atomic E-state index is 0.222. The van der Waals surface area contributed by atoms with Crippen LogP contribution in [0.5, 0.6) is 0 Å². The van der Waals surface area contributed by atoms with E-state index >= 15 is 0 Å². The van der Waals surface area contributed by atoms with Crippen LogP contribution in [-0.4, -0.2) is 10.4 Å². The van der Waals surface area contributed by atoms with E-state index in [1.54, 1.807) is 6.92 Å². The van der Waals surface area contributed by atoms with Crippen molar-refractivity contribution < 1.29 is 4.79 Å². The highest BCUT2D eigenvalue weighted by Crippen LogP contribution is 2.12.